The van der Waals surface area contributed by atoms with Crippen LogP contribution in [0.4, 0.5) is 0 Å². The van der Waals surface area contributed by atoms with E-state index in [1.54, 1.807) is 18.4 Å². The van der Waals surface area contributed by atoms with E-state index >= 15 is 0 Å². The van der Waals surface area contributed by atoms with Gasteiger partial charge in [-0.05, 0) is 42.3 Å². The summed E-state index contributed by atoms with van der Waals surface area (Å²) in [4.78, 5) is 3.77. The number of nitrogens with zero attached hydrogens (tertiary/aromatic N) is 1. The predicted octanol–water partition coefficient (Wildman–Crippen LogP) is 3.65. The third-order valence-electron chi connectivity index (χ3n) is 3.33. The molecule has 3 nitrogen and oxygen atoms in total. The van der Waals surface area contributed by atoms with Crippen LogP contribution in [0.3, 0.4) is 0 Å². The van der Waals surface area contributed by atoms with E-state index in [1.807, 2.05) is 0 Å². The SMILES string of the molecule is CCC(N)C(c1cc(Br)cs1)N(CCOC)C(C)C. The van der Waals surface area contributed by atoms with Crippen LogP contribution in [0.5, 0.6) is 0 Å². The van der Waals surface area contributed by atoms with Crippen LogP contribution in [-0.2, 0) is 4.74 Å². The minimum Gasteiger partial charge on any atom is -0.383 e. The van der Waals surface area contributed by atoms with Crippen molar-refractivity contribution in [1.29, 1.82) is 0 Å². The Morgan fingerprint density at radius 3 is 2.58 bits per heavy atom. The Labute approximate surface area is 129 Å². The van der Waals surface area contributed by atoms with Gasteiger partial charge in [0.1, 0.15) is 0 Å². The van der Waals surface area contributed by atoms with Gasteiger partial charge < -0.3 is 10.5 Å². The average molecular weight is 349 g/mol. The Morgan fingerprint density at radius 2 is 2.16 bits per heavy atom. The molecule has 1 heterocycles. The zero-order valence-corrected chi connectivity index (χ0v) is 14.6. The minimum atomic E-state index is 0.143. The van der Waals surface area contributed by atoms with Crippen LogP contribution in [0.2, 0.25) is 0 Å². The largest absolute Gasteiger partial charge is 0.383 e. The van der Waals surface area contributed by atoms with Crippen molar-refractivity contribution in [2.24, 2.45) is 5.73 Å². The van der Waals surface area contributed by atoms with E-state index < -0.39 is 0 Å². The van der Waals surface area contributed by atoms with Crippen LogP contribution >= 0.6 is 27.3 Å². The second-order valence-electron chi connectivity index (χ2n) is 5.01. The molecule has 0 aliphatic carbocycles. The van der Waals surface area contributed by atoms with Gasteiger partial charge in [-0.2, -0.15) is 0 Å². The zero-order chi connectivity index (χ0) is 14.4. The topological polar surface area (TPSA) is 38.5 Å². The molecule has 0 spiro atoms. The summed E-state index contributed by atoms with van der Waals surface area (Å²) in [5.41, 5.74) is 6.38. The van der Waals surface area contributed by atoms with Gasteiger partial charge in [-0.25, -0.2) is 0 Å². The van der Waals surface area contributed by atoms with E-state index in [4.69, 9.17) is 10.5 Å². The monoisotopic (exact) mass is 348 g/mol. The maximum atomic E-state index is 6.38. The second-order valence-corrected chi connectivity index (χ2v) is 6.87. The Morgan fingerprint density at radius 1 is 1.47 bits per heavy atom. The lowest BCUT2D eigenvalue weighted by molar-refractivity contribution is 0.0846. The molecule has 0 radical (unpaired) electrons. The Kier molecular flexibility index (Phi) is 7.54. The maximum absolute atomic E-state index is 6.38. The molecule has 0 bridgehead atoms. The summed E-state index contributed by atoms with van der Waals surface area (Å²) in [5.74, 6) is 0. The maximum Gasteiger partial charge on any atom is 0.0596 e. The van der Waals surface area contributed by atoms with Gasteiger partial charge in [0.2, 0.25) is 0 Å². The summed E-state index contributed by atoms with van der Waals surface area (Å²) in [7, 11) is 1.75. The second kappa shape index (κ2) is 8.37. The molecule has 1 aromatic rings. The van der Waals surface area contributed by atoms with Crippen molar-refractivity contribution >= 4 is 27.3 Å². The zero-order valence-electron chi connectivity index (χ0n) is 12.2. The summed E-state index contributed by atoms with van der Waals surface area (Å²) in [5, 5.41) is 2.12. The molecule has 2 atom stereocenters. The van der Waals surface area contributed by atoms with Crippen LogP contribution in [0.1, 0.15) is 38.1 Å². The Balaban J connectivity index is 2.99. The first-order valence-corrected chi connectivity index (χ1v) is 8.42. The lowest BCUT2D eigenvalue weighted by Gasteiger charge is -2.37. The van der Waals surface area contributed by atoms with Gasteiger partial charge in [-0.3, -0.25) is 4.90 Å². The van der Waals surface area contributed by atoms with Crippen LogP contribution < -0.4 is 5.73 Å². The summed E-state index contributed by atoms with van der Waals surface area (Å²) in [6.07, 6.45) is 0.969. The van der Waals surface area contributed by atoms with Crippen molar-refractivity contribution in [1.82, 2.24) is 4.90 Å². The molecule has 0 fully saturated rings. The number of ether oxygens (including phenoxy) is 1. The molecule has 0 aliphatic rings. The van der Waals surface area contributed by atoms with Crippen molar-refractivity contribution in [2.75, 3.05) is 20.3 Å². The molecule has 110 valence electrons. The standard InChI is InChI=1S/C14H25BrN2OS/c1-5-12(16)14(13-8-11(15)9-19-13)17(10(2)3)6-7-18-4/h8-10,12,14H,5-7,16H2,1-4H3. The number of halogens is 1. The van der Waals surface area contributed by atoms with Crippen molar-refractivity contribution in [3.05, 3.63) is 20.8 Å². The highest BCUT2D eigenvalue weighted by Crippen LogP contribution is 2.33. The van der Waals surface area contributed by atoms with Crippen molar-refractivity contribution < 1.29 is 4.74 Å². The predicted molar refractivity (Wildman–Crippen MR) is 86.7 cm³/mol. The van der Waals surface area contributed by atoms with Crippen molar-refractivity contribution in [3.63, 3.8) is 0 Å². The van der Waals surface area contributed by atoms with Gasteiger partial charge in [0.05, 0.1) is 12.6 Å². The van der Waals surface area contributed by atoms with Crippen molar-refractivity contribution in [3.8, 4) is 0 Å². The van der Waals surface area contributed by atoms with E-state index in [-0.39, 0.29) is 12.1 Å². The molecule has 2 N–H and O–H groups in total. The van der Waals surface area contributed by atoms with Gasteiger partial charge in [0.25, 0.3) is 0 Å². The van der Waals surface area contributed by atoms with E-state index in [0.717, 1.165) is 24.0 Å². The third kappa shape index (κ3) is 4.83. The highest BCUT2D eigenvalue weighted by atomic mass is 79.9. The molecule has 0 aliphatic heterocycles. The molecule has 0 saturated carbocycles. The molecule has 5 heteroatoms. The van der Waals surface area contributed by atoms with Crippen molar-refractivity contribution in [2.45, 2.75) is 45.3 Å². The molecule has 1 aromatic heterocycles. The smallest absolute Gasteiger partial charge is 0.0596 e. The molecule has 0 saturated heterocycles. The summed E-state index contributed by atoms with van der Waals surface area (Å²) in [6.45, 7) is 8.22. The number of nitrogens with two attached hydrogens (primary N) is 1. The number of hydrogen-bond acceptors (Lipinski definition) is 4. The highest BCUT2D eigenvalue weighted by molar-refractivity contribution is 9.10. The van der Waals surface area contributed by atoms with E-state index in [0.29, 0.717) is 6.04 Å². The third-order valence-corrected chi connectivity index (χ3v) is 5.09. The fraction of sp³-hybridized carbons (Fsp3) is 0.714. The summed E-state index contributed by atoms with van der Waals surface area (Å²) in [6, 6.07) is 3.03. The van der Waals surface area contributed by atoms with E-state index in [9.17, 15) is 0 Å². The van der Waals surface area contributed by atoms with E-state index in [1.165, 1.54) is 4.88 Å². The van der Waals surface area contributed by atoms with Crippen LogP contribution in [0.25, 0.3) is 0 Å². The summed E-state index contributed by atoms with van der Waals surface area (Å²) >= 11 is 5.31. The van der Waals surface area contributed by atoms with Gasteiger partial charge in [-0.1, -0.05) is 6.92 Å². The lowest BCUT2D eigenvalue weighted by Crippen LogP contribution is -2.45. The number of hydrogen-bond donors (Lipinski definition) is 1. The van der Waals surface area contributed by atoms with Gasteiger partial charge in [0, 0.05) is 40.5 Å². The average Bonchev–Trinajstić information content (AvgIpc) is 2.79. The first kappa shape index (κ1) is 17.1. The minimum absolute atomic E-state index is 0.143. The molecular weight excluding hydrogens is 324 g/mol. The quantitative estimate of drug-likeness (QED) is 0.779. The lowest BCUT2D eigenvalue weighted by atomic mass is 10.0. The Hall–Kier alpha value is 0.0600. The van der Waals surface area contributed by atoms with Crippen LogP contribution in [0.15, 0.2) is 15.9 Å². The van der Waals surface area contributed by atoms with Gasteiger partial charge in [-0.15, -0.1) is 11.3 Å². The Bertz CT molecular complexity index is 370. The first-order chi connectivity index (χ1) is 9.01. The fourth-order valence-electron chi connectivity index (χ4n) is 2.24. The fourth-order valence-corrected chi connectivity index (χ4v) is 3.88. The molecule has 2 unspecified atom stereocenters. The molecule has 1 rings (SSSR count). The summed E-state index contributed by atoms with van der Waals surface area (Å²) < 4.78 is 6.37. The normalized spacial score (nSPS) is 15.2. The molecular formula is C14H25BrN2OS. The highest BCUT2D eigenvalue weighted by Gasteiger charge is 2.28. The number of rotatable bonds is 8. The number of thiophene rings is 1. The molecule has 0 amide bonds. The molecule has 19 heavy (non-hydrogen) atoms. The van der Waals surface area contributed by atoms with Gasteiger partial charge >= 0.3 is 0 Å². The van der Waals surface area contributed by atoms with Crippen LogP contribution in [-0.4, -0.2) is 37.2 Å². The number of methoxy groups -OCH3 is 1. The molecule has 0 aromatic carbocycles. The van der Waals surface area contributed by atoms with E-state index in [2.05, 4.69) is 53.0 Å². The van der Waals surface area contributed by atoms with Gasteiger partial charge in [0.15, 0.2) is 0 Å². The van der Waals surface area contributed by atoms with Crippen LogP contribution in [0, 0.1) is 0 Å². The first-order valence-electron chi connectivity index (χ1n) is 6.75.